The van der Waals surface area contributed by atoms with Gasteiger partial charge >= 0.3 is 0 Å². The summed E-state index contributed by atoms with van der Waals surface area (Å²) in [5.41, 5.74) is 19.6. The Bertz CT molecular complexity index is 1970. The van der Waals surface area contributed by atoms with Crippen molar-refractivity contribution in [3.8, 4) is 23.0 Å². The molecule has 0 aromatic heterocycles. The Labute approximate surface area is 293 Å². The number of aliphatic hydroxyl groups excluding tert-OH is 1. The van der Waals surface area contributed by atoms with Crippen LogP contribution in [-0.2, 0) is 22.5 Å². The summed E-state index contributed by atoms with van der Waals surface area (Å²) in [4.78, 5) is 25.9. The molecule has 1 aliphatic heterocycles. The van der Waals surface area contributed by atoms with E-state index in [-0.39, 0.29) is 31.2 Å². The fraction of sp³-hybridized carbons (Fsp3) is 0.278. The molecule has 0 spiro atoms. The summed E-state index contributed by atoms with van der Waals surface area (Å²) in [6.45, 7) is 0.306. The highest BCUT2D eigenvalue weighted by Crippen LogP contribution is 2.46. The SMILES string of the molecule is COc1cc(OC)c(CNC(=O)[C@]2(Cc3ccccc3N=[N+]=[N-])N=C(c3ccc(OCCCO)cc3)O[C@@H]2c2ccccc2N=[N+]=[N-])c(OC)c1. The maximum Gasteiger partial charge on any atom is 0.252 e. The Morgan fingerprint density at radius 3 is 2.20 bits per heavy atom. The first-order valence-corrected chi connectivity index (χ1v) is 15.9. The summed E-state index contributed by atoms with van der Waals surface area (Å²) < 4.78 is 28.9. The van der Waals surface area contributed by atoms with Gasteiger partial charge in [0.2, 0.25) is 5.90 Å². The molecule has 0 aliphatic carbocycles. The molecule has 262 valence electrons. The zero-order chi connectivity index (χ0) is 36.2. The van der Waals surface area contributed by atoms with E-state index in [0.717, 1.165) is 0 Å². The first-order chi connectivity index (χ1) is 24.9. The standard InChI is InChI=1S/C36H36N8O7/c1-47-26-19-31(48-2)28(32(20-26)49-3)22-39-35(46)36(21-24-9-4-6-11-29(24)41-43-37)33(27-10-5-7-12-30(27)42-44-38)51-34(40-36)23-13-15-25(16-14-23)50-18-8-17-45/h4-7,9-16,19-20,33,45H,8,17-18,21-22H2,1-3H3,(H,39,46)/t33-,36-/m1/s1. The number of azide groups is 2. The predicted molar refractivity (Wildman–Crippen MR) is 189 cm³/mol. The van der Waals surface area contributed by atoms with Gasteiger partial charge in [-0.25, -0.2) is 4.99 Å². The van der Waals surface area contributed by atoms with Crippen molar-refractivity contribution in [3.05, 3.63) is 128 Å². The summed E-state index contributed by atoms with van der Waals surface area (Å²) >= 11 is 0. The van der Waals surface area contributed by atoms with E-state index in [1.54, 1.807) is 84.9 Å². The third-order valence-electron chi connectivity index (χ3n) is 8.25. The number of methoxy groups -OCH3 is 3. The normalized spacial score (nSPS) is 16.1. The van der Waals surface area contributed by atoms with Crippen LogP contribution in [0.5, 0.6) is 23.0 Å². The van der Waals surface area contributed by atoms with E-state index in [4.69, 9.17) is 33.8 Å². The zero-order valence-corrected chi connectivity index (χ0v) is 28.2. The van der Waals surface area contributed by atoms with E-state index in [1.165, 1.54) is 21.3 Å². The van der Waals surface area contributed by atoms with Crippen LogP contribution in [-0.4, -0.2) is 57.0 Å². The average molecular weight is 693 g/mol. The number of ether oxygens (including phenoxy) is 5. The average Bonchev–Trinajstić information content (AvgIpc) is 3.55. The molecule has 1 amide bonds. The van der Waals surface area contributed by atoms with Crippen LogP contribution in [0, 0.1) is 0 Å². The lowest BCUT2D eigenvalue weighted by atomic mass is 9.81. The smallest absolute Gasteiger partial charge is 0.252 e. The zero-order valence-electron chi connectivity index (χ0n) is 28.2. The van der Waals surface area contributed by atoms with Crippen LogP contribution in [0.15, 0.2) is 100 Å². The number of nitrogens with zero attached hydrogens (tertiary/aromatic N) is 7. The third-order valence-corrected chi connectivity index (χ3v) is 8.25. The number of amides is 1. The number of hydrogen-bond donors (Lipinski definition) is 2. The van der Waals surface area contributed by atoms with Gasteiger partial charge in [0.15, 0.2) is 11.6 Å². The van der Waals surface area contributed by atoms with Gasteiger partial charge < -0.3 is 34.1 Å². The number of hydrogen-bond acceptors (Lipinski definition) is 10. The van der Waals surface area contributed by atoms with Crippen LogP contribution >= 0.6 is 0 Å². The topological polar surface area (TPSA) is 205 Å². The summed E-state index contributed by atoms with van der Waals surface area (Å²) in [6.07, 6.45) is -0.715. The van der Waals surface area contributed by atoms with Crippen molar-refractivity contribution in [1.82, 2.24) is 5.32 Å². The molecule has 51 heavy (non-hydrogen) atoms. The molecule has 0 radical (unpaired) electrons. The van der Waals surface area contributed by atoms with Gasteiger partial charge in [0.25, 0.3) is 5.91 Å². The van der Waals surface area contributed by atoms with Crippen LogP contribution in [0.25, 0.3) is 20.9 Å². The predicted octanol–water partition coefficient (Wildman–Crippen LogP) is 7.17. The molecule has 4 aromatic carbocycles. The highest BCUT2D eigenvalue weighted by molar-refractivity contribution is 6.01. The van der Waals surface area contributed by atoms with Gasteiger partial charge in [0.05, 0.1) is 40.0 Å². The fourth-order valence-corrected chi connectivity index (χ4v) is 5.78. The number of carbonyl (C=O) groups excluding carboxylic acids is 1. The Kier molecular flexibility index (Phi) is 11.8. The lowest BCUT2D eigenvalue weighted by Crippen LogP contribution is -2.49. The van der Waals surface area contributed by atoms with Crippen LogP contribution in [0.1, 0.15) is 34.8 Å². The van der Waals surface area contributed by atoms with Crippen molar-refractivity contribution in [2.75, 3.05) is 34.5 Å². The molecule has 0 saturated heterocycles. The van der Waals surface area contributed by atoms with Gasteiger partial charge in [0.1, 0.15) is 23.0 Å². The second-order valence-corrected chi connectivity index (χ2v) is 11.2. The van der Waals surface area contributed by atoms with Gasteiger partial charge in [0, 0.05) is 63.9 Å². The lowest BCUT2D eigenvalue weighted by Gasteiger charge is -2.32. The number of carbonyl (C=O) groups is 1. The van der Waals surface area contributed by atoms with Crippen molar-refractivity contribution in [1.29, 1.82) is 0 Å². The second-order valence-electron chi connectivity index (χ2n) is 11.2. The Balaban J connectivity index is 1.67. The maximum atomic E-state index is 14.9. The Morgan fingerprint density at radius 2 is 1.55 bits per heavy atom. The summed E-state index contributed by atoms with van der Waals surface area (Å²) in [5, 5.41) is 19.9. The first kappa shape index (κ1) is 35.9. The summed E-state index contributed by atoms with van der Waals surface area (Å²) in [7, 11) is 4.52. The molecule has 0 fully saturated rings. The van der Waals surface area contributed by atoms with E-state index in [9.17, 15) is 15.9 Å². The minimum Gasteiger partial charge on any atom is -0.496 e. The van der Waals surface area contributed by atoms with Crippen molar-refractivity contribution in [3.63, 3.8) is 0 Å². The second kappa shape index (κ2) is 16.8. The quantitative estimate of drug-likeness (QED) is 0.0535. The van der Waals surface area contributed by atoms with Crippen LogP contribution in [0.3, 0.4) is 0 Å². The lowest BCUT2D eigenvalue weighted by molar-refractivity contribution is -0.129. The van der Waals surface area contributed by atoms with E-state index >= 15 is 0 Å². The molecule has 15 nitrogen and oxygen atoms in total. The Morgan fingerprint density at radius 1 is 0.902 bits per heavy atom. The number of benzene rings is 4. The molecule has 1 aliphatic rings. The van der Waals surface area contributed by atoms with Gasteiger partial charge in [-0.05, 0) is 40.9 Å². The van der Waals surface area contributed by atoms with Crippen LogP contribution in [0.2, 0.25) is 0 Å². The molecule has 4 aromatic rings. The highest BCUT2D eigenvalue weighted by Gasteiger charge is 2.54. The minimum absolute atomic E-state index is 0.00637. The van der Waals surface area contributed by atoms with Crippen molar-refractivity contribution in [2.45, 2.75) is 31.0 Å². The number of aliphatic hydroxyl groups is 1. The molecule has 0 bridgehead atoms. The number of rotatable bonds is 16. The van der Waals surface area contributed by atoms with E-state index in [1.807, 2.05) is 0 Å². The summed E-state index contributed by atoms with van der Waals surface area (Å²) in [6, 6.07) is 24.0. The molecule has 1 heterocycles. The third kappa shape index (κ3) is 7.92. The van der Waals surface area contributed by atoms with Gasteiger partial charge in [-0.1, -0.05) is 58.8 Å². The summed E-state index contributed by atoms with van der Waals surface area (Å²) in [5.74, 6) is 1.53. The first-order valence-electron chi connectivity index (χ1n) is 15.9. The molecular weight excluding hydrogens is 656 g/mol. The van der Waals surface area contributed by atoms with Gasteiger partial charge in [-0.2, -0.15) is 0 Å². The maximum absolute atomic E-state index is 14.9. The van der Waals surface area contributed by atoms with Crippen LogP contribution in [0.4, 0.5) is 11.4 Å². The molecule has 0 saturated carbocycles. The molecule has 15 heteroatoms. The van der Waals surface area contributed by atoms with E-state index in [2.05, 4.69) is 25.4 Å². The number of aliphatic imine (C=N–C) groups is 1. The van der Waals surface area contributed by atoms with Crippen molar-refractivity contribution >= 4 is 23.2 Å². The van der Waals surface area contributed by atoms with Gasteiger partial charge in [-0.3, -0.25) is 4.79 Å². The molecule has 5 rings (SSSR count). The van der Waals surface area contributed by atoms with E-state index < -0.39 is 17.6 Å². The van der Waals surface area contributed by atoms with Crippen LogP contribution < -0.4 is 24.3 Å². The molecular formula is C36H36N8O7. The molecule has 2 N–H and O–H groups in total. The van der Waals surface area contributed by atoms with Crippen molar-refractivity contribution < 1.29 is 33.6 Å². The van der Waals surface area contributed by atoms with Gasteiger partial charge in [-0.15, -0.1) is 0 Å². The van der Waals surface area contributed by atoms with E-state index in [0.29, 0.717) is 64.0 Å². The molecule has 2 atom stereocenters. The fourth-order valence-electron chi connectivity index (χ4n) is 5.78. The minimum atomic E-state index is -1.74. The van der Waals surface area contributed by atoms with Crippen molar-refractivity contribution in [2.24, 2.45) is 15.2 Å². The highest BCUT2D eigenvalue weighted by atomic mass is 16.5. The largest absolute Gasteiger partial charge is 0.496 e. The Hall–Kier alpha value is -6.40. The monoisotopic (exact) mass is 692 g/mol. The number of nitrogens with one attached hydrogen (secondary N) is 1. The molecule has 0 unspecified atom stereocenters.